The number of aromatic nitrogens is 2. The minimum absolute atomic E-state index is 0.153. The molecule has 0 radical (unpaired) electrons. The van der Waals surface area contributed by atoms with Crippen molar-refractivity contribution in [3.05, 3.63) is 62.8 Å². The molecule has 1 saturated carbocycles. The molecule has 0 saturated heterocycles. The Morgan fingerprint density at radius 2 is 2.00 bits per heavy atom. The Bertz CT molecular complexity index is 847. The maximum absolute atomic E-state index is 13.1. The lowest BCUT2D eigenvalue weighted by molar-refractivity contribution is 0.183. The van der Waals surface area contributed by atoms with Crippen molar-refractivity contribution in [1.29, 1.82) is 5.26 Å². The van der Waals surface area contributed by atoms with Crippen LogP contribution in [0, 0.1) is 31.0 Å². The molecule has 124 valence electrons. The molecule has 2 aromatic rings. The highest BCUT2D eigenvalue weighted by Crippen LogP contribution is 2.28. The first-order valence-electron chi connectivity index (χ1n) is 7.96. The lowest BCUT2D eigenvalue weighted by atomic mass is 10.1. The first kappa shape index (κ1) is 16.3. The van der Waals surface area contributed by atoms with Gasteiger partial charge in [-0.1, -0.05) is 12.1 Å². The van der Waals surface area contributed by atoms with E-state index in [2.05, 4.69) is 10.00 Å². The van der Waals surface area contributed by atoms with E-state index in [1.54, 1.807) is 26.0 Å². The van der Waals surface area contributed by atoms with E-state index < -0.39 is 0 Å². The van der Waals surface area contributed by atoms with Gasteiger partial charge in [-0.2, -0.15) is 10.4 Å². The van der Waals surface area contributed by atoms with Crippen LogP contribution >= 0.6 is 0 Å². The normalized spacial score (nSPS) is 14.0. The van der Waals surface area contributed by atoms with Crippen molar-refractivity contribution in [3.63, 3.8) is 0 Å². The number of nitrogens with zero attached hydrogens (tertiary/aromatic N) is 4. The van der Waals surface area contributed by atoms with Gasteiger partial charge in [-0.25, -0.2) is 9.07 Å². The van der Waals surface area contributed by atoms with Crippen molar-refractivity contribution in [3.8, 4) is 6.07 Å². The Hall–Kier alpha value is -2.52. The molecule has 0 N–H and O–H groups in total. The summed E-state index contributed by atoms with van der Waals surface area (Å²) in [4.78, 5) is 14.6. The molecule has 1 aliphatic rings. The molecule has 1 aromatic carbocycles. The van der Waals surface area contributed by atoms with Gasteiger partial charge in [-0.05, 0) is 49.9 Å². The molecule has 5 nitrogen and oxygen atoms in total. The monoisotopic (exact) mass is 326 g/mol. The molecule has 24 heavy (non-hydrogen) atoms. The maximum Gasteiger partial charge on any atom is 0.286 e. The average molecular weight is 326 g/mol. The number of benzene rings is 1. The van der Waals surface area contributed by atoms with Gasteiger partial charge in [-0.15, -0.1) is 0 Å². The van der Waals surface area contributed by atoms with Gasteiger partial charge >= 0.3 is 0 Å². The second-order valence-corrected chi connectivity index (χ2v) is 6.25. The third kappa shape index (κ3) is 3.36. The highest BCUT2D eigenvalue weighted by atomic mass is 19.1. The zero-order valence-electron chi connectivity index (χ0n) is 13.8. The van der Waals surface area contributed by atoms with Crippen molar-refractivity contribution in [2.45, 2.75) is 45.9 Å². The fourth-order valence-corrected chi connectivity index (χ4v) is 2.73. The number of nitriles is 1. The summed E-state index contributed by atoms with van der Waals surface area (Å²) >= 11 is 0. The molecule has 1 aliphatic carbocycles. The second kappa shape index (κ2) is 6.54. The van der Waals surface area contributed by atoms with Crippen molar-refractivity contribution in [1.82, 2.24) is 14.7 Å². The van der Waals surface area contributed by atoms with Gasteiger partial charge in [0.2, 0.25) is 0 Å². The lowest BCUT2D eigenvalue weighted by Crippen LogP contribution is -2.36. The molecule has 3 rings (SSSR count). The quantitative estimate of drug-likeness (QED) is 0.847. The van der Waals surface area contributed by atoms with Gasteiger partial charge in [0.05, 0.1) is 12.4 Å². The van der Waals surface area contributed by atoms with Crippen LogP contribution in [0.2, 0.25) is 0 Å². The Balaban J connectivity index is 1.87. The van der Waals surface area contributed by atoms with Crippen molar-refractivity contribution in [2.24, 2.45) is 0 Å². The summed E-state index contributed by atoms with van der Waals surface area (Å²) in [5.41, 5.74) is 2.10. The molecule has 0 bridgehead atoms. The largest absolute Gasteiger partial charge is 0.286 e. The molecule has 0 atom stereocenters. The first-order valence-corrected chi connectivity index (χ1v) is 7.96. The zero-order valence-corrected chi connectivity index (χ0v) is 13.8. The predicted octanol–water partition coefficient (Wildman–Crippen LogP) is 2.49. The van der Waals surface area contributed by atoms with E-state index in [9.17, 15) is 14.4 Å². The molecule has 0 unspecified atom stereocenters. The van der Waals surface area contributed by atoms with E-state index in [-0.39, 0.29) is 16.9 Å². The number of rotatable bonds is 5. The van der Waals surface area contributed by atoms with Gasteiger partial charge < -0.3 is 0 Å². The van der Waals surface area contributed by atoms with Crippen LogP contribution in [-0.2, 0) is 13.2 Å². The molecular weight excluding hydrogens is 307 g/mol. The van der Waals surface area contributed by atoms with Crippen LogP contribution in [0.3, 0.4) is 0 Å². The average Bonchev–Trinajstić information content (AvgIpc) is 3.39. The van der Waals surface area contributed by atoms with Crippen LogP contribution in [0.5, 0.6) is 0 Å². The second-order valence-electron chi connectivity index (χ2n) is 6.25. The number of hydrogen-bond donors (Lipinski definition) is 0. The van der Waals surface area contributed by atoms with Crippen LogP contribution in [0.1, 0.15) is 35.2 Å². The molecular formula is C18H19FN4O. The summed E-state index contributed by atoms with van der Waals surface area (Å²) in [6.45, 7) is 4.49. The fraction of sp³-hybridized carbons (Fsp3) is 0.389. The summed E-state index contributed by atoms with van der Waals surface area (Å²) in [5.74, 6) is -0.262. The number of aryl methyl sites for hydroxylation is 1. The van der Waals surface area contributed by atoms with E-state index >= 15 is 0 Å². The molecule has 1 aromatic heterocycles. The summed E-state index contributed by atoms with van der Waals surface area (Å²) in [6.07, 6.45) is 2.15. The van der Waals surface area contributed by atoms with Crippen LogP contribution in [-0.4, -0.2) is 20.7 Å². The summed E-state index contributed by atoms with van der Waals surface area (Å²) in [5, 5.41) is 13.6. The minimum atomic E-state index is -0.356. The third-order valence-electron chi connectivity index (χ3n) is 4.43. The molecule has 0 amide bonds. The number of halogens is 1. The topological polar surface area (TPSA) is 61.9 Å². The highest BCUT2D eigenvalue weighted by Gasteiger charge is 2.30. The van der Waals surface area contributed by atoms with Crippen LogP contribution < -0.4 is 5.56 Å². The smallest absolute Gasteiger partial charge is 0.277 e. The van der Waals surface area contributed by atoms with Crippen LogP contribution in [0.25, 0.3) is 0 Å². The van der Waals surface area contributed by atoms with Gasteiger partial charge in [0.25, 0.3) is 5.56 Å². The summed E-state index contributed by atoms with van der Waals surface area (Å²) in [6, 6.07) is 8.77. The number of hydrogen-bond acceptors (Lipinski definition) is 4. The Labute approximate surface area is 139 Å². The van der Waals surface area contributed by atoms with Crippen molar-refractivity contribution in [2.75, 3.05) is 0 Å². The van der Waals surface area contributed by atoms with E-state index in [0.29, 0.717) is 30.5 Å². The van der Waals surface area contributed by atoms with Crippen LogP contribution in [0.15, 0.2) is 29.1 Å². The summed E-state index contributed by atoms with van der Waals surface area (Å²) in [7, 11) is 0. The molecule has 1 heterocycles. The lowest BCUT2D eigenvalue weighted by Gasteiger charge is -2.23. The van der Waals surface area contributed by atoms with Gasteiger partial charge in [-0.3, -0.25) is 9.69 Å². The highest BCUT2D eigenvalue weighted by molar-refractivity contribution is 5.36. The Morgan fingerprint density at radius 1 is 1.33 bits per heavy atom. The molecule has 6 heteroatoms. The fourth-order valence-electron chi connectivity index (χ4n) is 2.73. The summed E-state index contributed by atoms with van der Waals surface area (Å²) < 4.78 is 14.4. The molecule has 0 spiro atoms. The van der Waals surface area contributed by atoms with E-state index in [0.717, 1.165) is 18.4 Å². The minimum Gasteiger partial charge on any atom is -0.277 e. The first-order chi connectivity index (χ1) is 11.5. The molecule has 1 fully saturated rings. The van der Waals surface area contributed by atoms with Crippen molar-refractivity contribution >= 4 is 0 Å². The Morgan fingerprint density at radius 3 is 2.58 bits per heavy atom. The maximum atomic E-state index is 13.1. The van der Waals surface area contributed by atoms with Gasteiger partial charge in [0.15, 0.2) is 0 Å². The standard InChI is InChI=1S/C18H19FN4O/c1-12-13(2)21-23(18(24)17(12)9-20)11-22(16-7-8-16)10-14-3-5-15(19)6-4-14/h3-6,16H,7-8,10-11H2,1-2H3. The van der Waals surface area contributed by atoms with Gasteiger partial charge in [0, 0.05) is 12.6 Å². The van der Waals surface area contributed by atoms with Crippen LogP contribution in [0.4, 0.5) is 4.39 Å². The predicted molar refractivity (Wildman–Crippen MR) is 87.7 cm³/mol. The molecule has 0 aliphatic heterocycles. The van der Waals surface area contributed by atoms with E-state index in [1.165, 1.54) is 16.8 Å². The third-order valence-corrected chi connectivity index (χ3v) is 4.43. The van der Waals surface area contributed by atoms with E-state index in [4.69, 9.17) is 0 Å². The Kier molecular flexibility index (Phi) is 4.45. The SMILES string of the molecule is Cc1nn(CN(Cc2ccc(F)cc2)C2CC2)c(=O)c(C#N)c1C. The zero-order chi connectivity index (χ0) is 17.3. The van der Waals surface area contributed by atoms with Crippen molar-refractivity contribution < 1.29 is 4.39 Å². The van der Waals surface area contributed by atoms with E-state index in [1.807, 2.05) is 6.07 Å². The van der Waals surface area contributed by atoms with Gasteiger partial charge in [0.1, 0.15) is 17.4 Å².